The van der Waals surface area contributed by atoms with Crippen LogP contribution in [0, 0.1) is 12.3 Å². The fourth-order valence-corrected chi connectivity index (χ4v) is 3.69. The zero-order chi connectivity index (χ0) is 16.0. The predicted octanol–water partition coefficient (Wildman–Crippen LogP) is 2.77. The molecule has 1 aliphatic heterocycles. The van der Waals surface area contributed by atoms with Gasteiger partial charge in [-0.15, -0.1) is 24.2 Å². The fraction of sp³-hybridized carbons (Fsp3) is 0.588. The van der Waals surface area contributed by atoms with E-state index in [2.05, 4.69) is 42.0 Å². The van der Waals surface area contributed by atoms with E-state index in [1.807, 2.05) is 0 Å². The van der Waals surface area contributed by atoms with Gasteiger partial charge in [0.05, 0.1) is 12.0 Å². The van der Waals surface area contributed by atoms with Crippen molar-refractivity contribution in [1.29, 1.82) is 0 Å². The van der Waals surface area contributed by atoms with Gasteiger partial charge in [0.1, 0.15) is 0 Å². The minimum Gasteiger partial charge on any atom is -0.384 e. The standard InChI is InChI=1S/C17H26N2O2S.ClH/c1-13-4-5-14(15(10-13)22-3)11-19-16(20)17(12-21-2)6-8-18-9-7-17;/h4-5,10,18H,6-9,11-12H2,1-3H3,(H,19,20);1H. The summed E-state index contributed by atoms with van der Waals surface area (Å²) in [5, 5.41) is 6.44. The highest BCUT2D eigenvalue weighted by Crippen LogP contribution is 2.30. The lowest BCUT2D eigenvalue weighted by Crippen LogP contribution is -2.50. The quantitative estimate of drug-likeness (QED) is 0.768. The molecule has 1 amide bonds. The molecule has 1 saturated heterocycles. The van der Waals surface area contributed by atoms with E-state index in [0.29, 0.717) is 13.2 Å². The number of carbonyl (C=O) groups excluding carboxylic acids is 1. The Labute approximate surface area is 149 Å². The number of amides is 1. The highest BCUT2D eigenvalue weighted by molar-refractivity contribution is 7.98. The Morgan fingerprint density at radius 2 is 2.09 bits per heavy atom. The number of ether oxygens (including phenoxy) is 1. The minimum absolute atomic E-state index is 0. The molecule has 0 saturated carbocycles. The smallest absolute Gasteiger partial charge is 0.228 e. The number of nitrogens with one attached hydrogen (secondary N) is 2. The van der Waals surface area contributed by atoms with Gasteiger partial charge >= 0.3 is 0 Å². The maximum absolute atomic E-state index is 12.7. The molecule has 1 aromatic rings. The summed E-state index contributed by atoms with van der Waals surface area (Å²) in [6.45, 7) is 4.90. The van der Waals surface area contributed by atoms with Crippen molar-refractivity contribution in [3.05, 3.63) is 29.3 Å². The van der Waals surface area contributed by atoms with Gasteiger partial charge in [0.2, 0.25) is 5.91 Å². The molecule has 1 heterocycles. The maximum atomic E-state index is 12.7. The Balaban J connectivity index is 0.00000264. The van der Waals surface area contributed by atoms with Crippen LogP contribution in [0.1, 0.15) is 24.0 Å². The molecule has 1 aliphatic rings. The maximum Gasteiger partial charge on any atom is 0.228 e. The summed E-state index contributed by atoms with van der Waals surface area (Å²) in [4.78, 5) is 14.0. The number of carbonyl (C=O) groups is 1. The molecule has 2 N–H and O–H groups in total. The topological polar surface area (TPSA) is 50.4 Å². The van der Waals surface area contributed by atoms with Gasteiger partial charge in [0.15, 0.2) is 0 Å². The van der Waals surface area contributed by atoms with Crippen molar-refractivity contribution in [3.8, 4) is 0 Å². The van der Waals surface area contributed by atoms with Crippen LogP contribution in [0.5, 0.6) is 0 Å². The van der Waals surface area contributed by atoms with Gasteiger partial charge in [-0.25, -0.2) is 0 Å². The van der Waals surface area contributed by atoms with Crippen molar-refractivity contribution in [3.63, 3.8) is 0 Å². The van der Waals surface area contributed by atoms with E-state index in [1.165, 1.54) is 16.0 Å². The zero-order valence-electron chi connectivity index (χ0n) is 14.1. The normalized spacial score (nSPS) is 16.5. The Kier molecular flexibility index (Phi) is 8.40. The first-order valence-electron chi connectivity index (χ1n) is 7.73. The van der Waals surface area contributed by atoms with Crippen LogP contribution in [-0.4, -0.2) is 39.0 Å². The van der Waals surface area contributed by atoms with Crippen LogP contribution in [0.15, 0.2) is 23.1 Å². The highest BCUT2D eigenvalue weighted by atomic mass is 35.5. The van der Waals surface area contributed by atoms with Crippen molar-refractivity contribution < 1.29 is 9.53 Å². The number of hydrogen-bond donors (Lipinski definition) is 2. The molecule has 1 aromatic carbocycles. The van der Waals surface area contributed by atoms with Gasteiger partial charge in [0, 0.05) is 18.6 Å². The molecule has 2 rings (SSSR count). The van der Waals surface area contributed by atoms with Crippen molar-refractivity contribution in [2.45, 2.75) is 31.2 Å². The lowest BCUT2D eigenvalue weighted by molar-refractivity contribution is -0.136. The SMILES string of the molecule is COCC1(C(=O)NCc2ccc(C)cc2SC)CCNCC1.Cl. The second kappa shape index (κ2) is 9.52. The van der Waals surface area contributed by atoms with Crippen LogP contribution in [0.2, 0.25) is 0 Å². The number of rotatable bonds is 6. The first-order valence-corrected chi connectivity index (χ1v) is 8.95. The lowest BCUT2D eigenvalue weighted by Gasteiger charge is -2.35. The number of thioether (sulfide) groups is 1. The third kappa shape index (κ3) is 5.11. The first-order chi connectivity index (χ1) is 10.6. The molecule has 23 heavy (non-hydrogen) atoms. The molecule has 0 aromatic heterocycles. The Bertz CT molecular complexity index is 514. The van der Waals surface area contributed by atoms with Crippen LogP contribution in [0.25, 0.3) is 0 Å². The molecule has 0 unspecified atom stereocenters. The number of piperidine rings is 1. The molecule has 0 aliphatic carbocycles. The first kappa shape index (κ1) is 20.3. The Hall–Kier alpha value is -0.750. The van der Waals surface area contributed by atoms with Gasteiger partial charge in [0.25, 0.3) is 0 Å². The summed E-state index contributed by atoms with van der Waals surface area (Å²) in [5.41, 5.74) is 2.03. The minimum atomic E-state index is -0.385. The predicted molar refractivity (Wildman–Crippen MR) is 98.5 cm³/mol. The molecule has 0 atom stereocenters. The Morgan fingerprint density at radius 3 is 2.70 bits per heavy atom. The molecule has 1 fully saturated rings. The number of hydrogen-bond acceptors (Lipinski definition) is 4. The molecule has 0 radical (unpaired) electrons. The fourth-order valence-electron chi connectivity index (χ4n) is 2.98. The monoisotopic (exact) mass is 358 g/mol. The Morgan fingerprint density at radius 1 is 1.39 bits per heavy atom. The van der Waals surface area contributed by atoms with Crippen molar-refractivity contribution in [2.24, 2.45) is 5.41 Å². The number of aryl methyl sites for hydroxylation is 1. The van der Waals surface area contributed by atoms with Crippen LogP contribution < -0.4 is 10.6 Å². The van der Waals surface area contributed by atoms with E-state index in [9.17, 15) is 4.79 Å². The summed E-state index contributed by atoms with van der Waals surface area (Å²) < 4.78 is 5.33. The molecular weight excluding hydrogens is 332 g/mol. The average molecular weight is 359 g/mol. The molecule has 130 valence electrons. The average Bonchev–Trinajstić information content (AvgIpc) is 2.54. The van der Waals surface area contributed by atoms with Gasteiger partial charge in [-0.3, -0.25) is 4.79 Å². The number of benzene rings is 1. The molecule has 4 nitrogen and oxygen atoms in total. The third-order valence-electron chi connectivity index (χ3n) is 4.34. The van der Waals surface area contributed by atoms with E-state index >= 15 is 0 Å². The van der Waals surface area contributed by atoms with Crippen molar-refractivity contribution >= 4 is 30.1 Å². The number of methoxy groups -OCH3 is 1. The van der Waals surface area contributed by atoms with Crippen LogP contribution in [0.4, 0.5) is 0 Å². The van der Waals surface area contributed by atoms with E-state index in [-0.39, 0.29) is 23.7 Å². The van der Waals surface area contributed by atoms with E-state index in [4.69, 9.17) is 4.74 Å². The zero-order valence-corrected chi connectivity index (χ0v) is 15.7. The molecule has 0 spiro atoms. The van der Waals surface area contributed by atoms with Gasteiger partial charge < -0.3 is 15.4 Å². The largest absolute Gasteiger partial charge is 0.384 e. The third-order valence-corrected chi connectivity index (χ3v) is 5.16. The second-order valence-corrected chi connectivity index (χ2v) is 6.81. The summed E-state index contributed by atoms with van der Waals surface area (Å²) >= 11 is 1.72. The van der Waals surface area contributed by atoms with Gasteiger partial charge in [-0.2, -0.15) is 0 Å². The van der Waals surface area contributed by atoms with E-state index in [0.717, 1.165) is 25.9 Å². The van der Waals surface area contributed by atoms with Crippen LogP contribution >= 0.6 is 24.2 Å². The van der Waals surface area contributed by atoms with E-state index < -0.39 is 0 Å². The van der Waals surface area contributed by atoms with Crippen LogP contribution in [-0.2, 0) is 16.1 Å². The van der Waals surface area contributed by atoms with E-state index in [1.54, 1.807) is 18.9 Å². The molecule has 0 bridgehead atoms. The number of halogens is 1. The highest BCUT2D eigenvalue weighted by Gasteiger charge is 2.39. The summed E-state index contributed by atoms with van der Waals surface area (Å²) in [6.07, 6.45) is 3.73. The summed E-state index contributed by atoms with van der Waals surface area (Å²) in [7, 11) is 1.67. The van der Waals surface area contributed by atoms with Crippen molar-refractivity contribution in [1.82, 2.24) is 10.6 Å². The van der Waals surface area contributed by atoms with Crippen molar-refractivity contribution in [2.75, 3.05) is 33.1 Å². The summed E-state index contributed by atoms with van der Waals surface area (Å²) in [5.74, 6) is 0.114. The second-order valence-electron chi connectivity index (χ2n) is 5.96. The summed E-state index contributed by atoms with van der Waals surface area (Å²) in [6, 6.07) is 6.37. The van der Waals surface area contributed by atoms with Gasteiger partial charge in [-0.05, 0) is 56.3 Å². The van der Waals surface area contributed by atoms with Crippen LogP contribution in [0.3, 0.4) is 0 Å². The lowest BCUT2D eigenvalue weighted by atomic mass is 9.78. The van der Waals surface area contributed by atoms with Gasteiger partial charge in [-0.1, -0.05) is 12.1 Å². The molecule has 6 heteroatoms. The molecular formula is C17H27ClN2O2S.